The molecule has 1 aliphatic carbocycles. The average Bonchev–Trinajstić information content (AvgIpc) is 3.19. The van der Waals surface area contributed by atoms with Gasteiger partial charge in [-0.05, 0) is 32.8 Å². The standard InChI is InChI=1S/C14H25N3O3S/c1-3-17-11-14(9-13(17)10-15-12-5-6-12)21(18,19)16-7-8-20-4-2/h9,11-12,15-16H,3-8,10H2,1-2H3. The van der Waals surface area contributed by atoms with E-state index >= 15 is 0 Å². The zero-order valence-electron chi connectivity index (χ0n) is 12.8. The Morgan fingerprint density at radius 2 is 2.14 bits per heavy atom. The second-order valence-electron chi connectivity index (χ2n) is 5.20. The number of hydrogen-bond donors (Lipinski definition) is 2. The van der Waals surface area contributed by atoms with Crippen molar-refractivity contribution in [3.05, 3.63) is 18.0 Å². The first-order chi connectivity index (χ1) is 10.1. The molecule has 0 aliphatic heterocycles. The summed E-state index contributed by atoms with van der Waals surface area (Å²) in [6.45, 7) is 6.64. The van der Waals surface area contributed by atoms with Crippen molar-refractivity contribution in [2.75, 3.05) is 19.8 Å². The van der Waals surface area contributed by atoms with E-state index in [1.54, 1.807) is 12.3 Å². The van der Waals surface area contributed by atoms with Crippen molar-refractivity contribution >= 4 is 10.0 Å². The first kappa shape index (κ1) is 16.5. The number of rotatable bonds is 10. The van der Waals surface area contributed by atoms with Crippen molar-refractivity contribution < 1.29 is 13.2 Å². The molecule has 1 saturated carbocycles. The first-order valence-corrected chi connectivity index (χ1v) is 9.05. The summed E-state index contributed by atoms with van der Waals surface area (Å²) in [5.41, 5.74) is 1.01. The number of hydrogen-bond acceptors (Lipinski definition) is 4. The molecule has 2 N–H and O–H groups in total. The van der Waals surface area contributed by atoms with E-state index in [2.05, 4.69) is 10.0 Å². The lowest BCUT2D eigenvalue weighted by Gasteiger charge is -2.06. The molecule has 0 aromatic carbocycles. The highest BCUT2D eigenvalue weighted by molar-refractivity contribution is 7.89. The van der Waals surface area contributed by atoms with Crippen LogP contribution >= 0.6 is 0 Å². The van der Waals surface area contributed by atoms with E-state index in [0.717, 1.165) is 12.2 Å². The molecule has 0 spiro atoms. The summed E-state index contributed by atoms with van der Waals surface area (Å²) < 4.78 is 34.1. The molecule has 0 amide bonds. The number of nitrogens with zero attached hydrogens (tertiary/aromatic N) is 1. The van der Waals surface area contributed by atoms with Crippen LogP contribution in [0.15, 0.2) is 17.2 Å². The molecule has 1 heterocycles. The Labute approximate surface area is 126 Å². The maximum Gasteiger partial charge on any atom is 0.242 e. The molecule has 6 nitrogen and oxygen atoms in total. The Balaban J connectivity index is 1.99. The largest absolute Gasteiger partial charge is 0.380 e. The summed E-state index contributed by atoms with van der Waals surface area (Å²) in [7, 11) is -3.45. The molecule has 1 aromatic heterocycles. The van der Waals surface area contributed by atoms with Gasteiger partial charge < -0.3 is 14.6 Å². The Hall–Kier alpha value is -0.890. The zero-order valence-corrected chi connectivity index (χ0v) is 13.6. The van der Waals surface area contributed by atoms with Gasteiger partial charge in [0.05, 0.1) is 11.5 Å². The molecule has 0 radical (unpaired) electrons. The number of aryl methyl sites for hydroxylation is 1. The topological polar surface area (TPSA) is 72.4 Å². The molecule has 1 aromatic rings. The third-order valence-electron chi connectivity index (χ3n) is 3.50. The van der Waals surface area contributed by atoms with E-state index in [4.69, 9.17) is 4.74 Å². The van der Waals surface area contributed by atoms with Gasteiger partial charge in [-0.15, -0.1) is 0 Å². The Bertz CT molecular complexity index is 550. The van der Waals surface area contributed by atoms with Crippen LogP contribution in [0.5, 0.6) is 0 Å². The van der Waals surface area contributed by atoms with E-state index in [1.165, 1.54) is 12.8 Å². The van der Waals surface area contributed by atoms with Crippen molar-refractivity contribution in [3.8, 4) is 0 Å². The normalized spacial score (nSPS) is 15.5. The minimum Gasteiger partial charge on any atom is -0.380 e. The van der Waals surface area contributed by atoms with Gasteiger partial charge in [-0.1, -0.05) is 0 Å². The molecular weight excluding hydrogens is 290 g/mol. The van der Waals surface area contributed by atoms with Crippen LogP contribution in [0.1, 0.15) is 32.4 Å². The van der Waals surface area contributed by atoms with Crippen molar-refractivity contribution in [2.24, 2.45) is 0 Å². The smallest absolute Gasteiger partial charge is 0.242 e. The quantitative estimate of drug-likeness (QED) is 0.634. The molecule has 0 unspecified atom stereocenters. The van der Waals surface area contributed by atoms with Gasteiger partial charge in [-0.25, -0.2) is 13.1 Å². The van der Waals surface area contributed by atoms with Gasteiger partial charge >= 0.3 is 0 Å². The van der Waals surface area contributed by atoms with E-state index < -0.39 is 10.0 Å². The molecule has 1 aliphatic rings. The maximum absolute atomic E-state index is 12.2. The first-order valence-electron chi connectivity index (χ1n) is 7.56. The second kappa shape index (κ2) is 7.40. The number of ether oxygens (including phenoxy) is 1. The number of nitrogens with one attached hydrogen (secondary N) is 2. The van der Waals surface area contributed by atoms with Gasteiger partial charge in [-0.3, -0.25) is 0 Å². The fourth-order valence-corrected chi connectivity index (χ4v) is 3.20. The number of sulfonamides is 1. The lowest BCUT2D eigenvalue weighted by molar-refractivity contribution is 0.153. The van der Waals surface area contributed by atoms with Crippen molar-refractivity contribution in [1.29, 1.82) is 0 Å². The molecule has 0 bridgehead atoms. The monoisotopic (exact) mass is 315 g/mol. The Morgan fingerprint density at radius 3 is 2.76 bits per heavy atom. The van der Waals surface area contributed by atoms with Crippen LogP contribution < -0.4 is 10.0 Å². The molecule has 0 atom stereocenters. The third-order valence-corrected chi connectivity index (χ3v) is 4.93. The van der Waals surface area contributed by atoms with E-state index in [0.29, 0.717) is 37.2 Å². The van der Waals surface area contributed by atoms with Gasteiger partial charge in [0, 0.05) is 44.2 Å². The fraction of sp³-hybridized carbons (Fsp3) is 0.714. The van der Waals surface area contributed by atoms with Gasteiger partial charge in [0.2, 0.25) is 10.0 Å². The van der Waals surface area contributed by atoms with Crippen molar-refractivity contribution in [2.45, 2.75) is 50.7 Å². The maximum atomic E-state index is 12.2. The summed E-state index contributed by atoms with van der Waals surface area (Å²) in [5.74, 6) is 0. The lowest BCUT2D eigenvalue weighted by atomic mass is 10.4. The molecule has 1 fully saturated rings. The predicted molar refractivity (Wildman–Crippen MR) is 81.6 cm³/mol. The van der Waals surface area contributed by atoms with Crippen LogP contribution in [0, 0.1) is 0 Å². The highest BCUT2D eigenvalue weighted by Gasteiger charge is 2.22. The third kappa shape index (κ3) is 4.81. The molecule has 120 valence electrons. The Kier molecular flexibility index (Phi) is 5.80. The highest BCUT2D eigenvalue weighted by atomic mass is 32.2. The van der Waals surface area contributed by atoms with Crippen LogP contribution in [-0.2, 0) is 27.8 Å². The van der Waals surface area contributed by atoms with Crippen LogP contribution in [0.25, 0.3) is 0 Å². The summed E-state index contributed by atoms with van der Waals surface area (Å²) in [4.78, 5) is 0.327. The summed E-state index contributed by atoms with van der Waals surface area (Å²) >= 11 is 0. The Morgan fingerprint density at radius 1 is 1.38 bits per heavy atom. The molecule has 2 rings (SSSR count). The lowest BCUT2D eigenvalue weighted by Crippen LogP contribution is -2.27. The zero-order chi connectivity index (χ0) is 15.3. The number of aromatic nitrogens is 1. The minimum atomic E-state index is -3.45. The summed E-state index contributed by atoms with van der Waals surface area (Å²) in [6, 6.07) is 2.36. The highest BCUT2D eigenvalue weighted by Crippen LogP contribution is 2.20. The van der Waals surface area contributed by atoms with Crippen molar-refractivity contribution in [3.63, 3.8) is 0 Å². The van der Waals surface area contributed by atoms with Gasteiger partial charge in [-0.2, -0.15) is 0 Å². The van der Waals surface area contributed by atoms with Crippen LogP contribution in [0.4, 0.5) is 0 Å². The van der Waals surface area contributed by atoms with Crippen LogP contribution in [0.2, 0.25) is 0 Å². The van der Waals surface area contributed by atoms with Gasteiger partial charge in [0.25, 0.3) is 0 Å². The van der Waals surface area contributed by atoms with Crippen LogP contribution in [0.3, 0.4) is 0 Å². The van der Waals surface area contributed by atoms with Crippen LogP contribution in [-0.4, -0.2) is 38.8 Å². The molecule has 0 saturated heterocycles. The van der Waals surface area contributed by atoms with E-state index in [9.17, 15) is 8.42 Å². The second-order valence-corrected chi connectivity index (χ2v) is 6.97. The molecule has 21 heavy (non-hydrogen) atoms. The van der Waals surface area contributed by atoms with E-state index in [1.807, 2.05) is 18.4 Å². The van der Waals surface area contributed by atoms with E-state index in [-0.39, 0.29) is 0 Å². The fourth-order valence-electron chi connectivity index (χ4n) is 2.13. The molecular formula is C14H25N3O3S. The summed E-state index contributed by atoms with van der Waals surface area (Å²) in [5, 5.41) is 3.42. The van der Waals surface area contributed by atoms with Gasteiger partial charge in [0.15, 0.2) is 0 Å². The molecule has 7 heteroatoms. The van der Waals surface area contributed by atoms with Crippen molar-refractivity contribution in [1.82, 2.24) is 14.6 Å². The van der Waals surface area contributed by atoms with Gasteiger partial charge in [0.1, 0.15) is 0 Å². The predicted octanol–water partition coefficient (Wildman–Crippen LogP) is 1.07. The SMILES string of the molecule is CCOCCNS(=O)(=O)c1cc(CNC2CC2)n(CC)c1. The average molecular weight is 315 g/mol. The minimum absolute atomic E-state index is 0.295. The summed E-state index contributed by atoms with van der Waals surface area (Å²) in [6.07, 6.45) is 4.14.